The fraction of sp³-hybridized carbons (Fsp3) is 0.462. The third-order valence-electron chi connectivity index (χ3n) is 2.06. The zero-order valence-electron chi connectivity index (χ0n) is 9.57. The van der Waals surface area contributed by atoms with Crippen LogP contribution in [0.15, 0.2) is 24.3 Å². The summed E-state index contributed by atoms with van der Waals surface area (Å²) in [5, 5.41) is 0. The molecule has 0 aliphatic heterocycles. The highest BCUT2D eigenvalue weighted by Gasteiger charge is 2.03. The van der Waals surface area contributed by atoms with Gasteiger partial charge in [0.2, 0.25) is 0 Å². The Kier molecular flexibility index (Phi) is 4.35. The molecular weight excluding hydrogens is 188 g/mol. The van der Waals surface area contributed by atoms with Gasteiger partial charge in [0, 0.05) is 5.92 Å². The summed E-state index contributed by atoms with van der Waals surface area (Å²) in [4.78, 5) is 10.5. The van der Waals surface area contributed by atoms with Gasteiger partial charge >= 0.3 is 0 Å². The standard InChI is InChI=1S/C13H18O2/c1-10(2)15-13-6-4-5-12(8-13)7-11(3)9-14/h4-6,8-11H,7H2,1-3H3. The molecule has 0 aliphatic rings. The van der Waals surface area contributed by atoms with Crippen molar-refractivity contribution in [1.82, 2.24) is 0 Å². The number of carbonyl (C=O) groups excluding carboxylic acids is 1. The largest absolute Gasteiger partial charge is 0.491 e. The maximum absolute atomic E-state index is 10.5. The Hall–Kier alpha value is -1.31. The molecule has 0 heterocycles. The lowest BCUT2D eigenvalue weighted by molar-refractivity contribution is -0.110. The van der Waals surface area contributed by atoms with Gasteiger partial charge in [0.05, 0.1) is 6.10 Å². The van der Waals surface area contributed by atoms with E-state index in [2.05, 4.69) is 0 Å². The van der Waals surface area contributed by atoms with Crippen LogP contribution in [0, 0.1) is 5.92 Å². The van der Waals surface area contributed by atoms with E-state index in [4.69, 9.17) is 4.74 Å². The molecule has 2 heteroatoms. The highest BCUT2D eigenvalue weighted by atomic mass is 16.5. The average molecular weight is 206 g/mol. The van der Waals surface area contributed by atoms with E-state index in [0.717, 1.165) is 24.0 Å². The summed E-state index contributed by atoms with van der Waals surface area (Å²) in [5.41, 5.74) is 1.15. The first-order valence-electron chi connectivity index (χ1n) is 5.32. The molecule has 2 nitrogen and oxygen atoms in total. The molecule has 0 fully saturated rings. The molecule has 0 aromatic heterocycles. The molecule has 1 unspecified atom stereocenters. The summed E-state index contributed by atoms with van der Waals surface area (Å²) < 4.78 is 5.58. The molecule has 0 spiro atoms. The molecule has 0 bridgehead atoms. The Bertz CT molecular complexity index is 318. The zero-order chi connectivity index (χ0) is 11.3. The van der Waals surface area contributed by atoms with Gasteiger partial charge < -0.3 is 9.53 Å². The van der Waals surface area contributed by atoms with Gasteiger partial charge in [-0.2, -0.15) is 0 Å². The van der Waals surface area contributed by atoms with E-state index in [9.17, 15) is 4.79 Å². The molecule has 15 heavy (non-hydrogen) atoms. The Morgan fingerprint density at radius 2 is 2.07 bits per heavy atom. The van der Waals surface area contributed by atoms with Gasteiger partial charge in [0.1, 0.15) is 12.0 Å². The number of rotatable bonds is 5. The fourth-order valence-electron chi connectivity index (χ4n) is 1.44. The van der Waals surface area contributed by atoms with Crippen molar-refractivity contribution in [1.29, 1.82) is 0 Å². The van der Waals surface area contributed by atoms with Crippen LogP contribution in [0.25, 0.3) is 0 Å². The summed E-state index contributed by atoms with van der Waals surface area (Å²) in [6, 6.07) is 7.92. The Morgan fingerprint density at radius 1 is 1.33 bits per heavy atom. The first-order chi connectivity index (χ1) is 7.11. The van der Waals surface area contributed by atoms with Gasteiger partial charge in [0.15, 0.2) is 0 Å². The molecule has 0 radical (unpaired) electrons. The third kappa shape index (κ3) is 4.15. The molecule has 0 N–H and O–H groups in total. The second kappa shape index (κ2) is 5.54. The van der Waals surface area contributed by atoms with Crippen LogP contribution >= 0.6 is 0 Å². The highest BCUT2D eigenvalue weighted by Crippen LogP contribution is 2.16. The summed E-state index contributed by atoms with van der Waals surface area (Å²) in [5.74, 6) is 0.944. The normalized spacial score (nSPS) is 12.5. The van der Waals surface area contributed by atoms with Crippen LogP contribution < -0.4 is 4.74 Å². The smallest absolute Gasteiger partial charge is 0.123 e. The number of hydrogen-bond acceptors (Lipinski definition) is 2. The lowest BCUT2D eigenvalue weighted by Gasteiger charge is -2.11. The Labute approximate surface area is 91.3 Å². The summed E-state index contributed by atoms with van der Waals surface area (Å²) in [7, 11) is 0. The van der Waals surface area contributed by atoms with E-state index < -0.39 is 0 Å². The monoisotopic (exact) mass is 206 g/mol. The molecule has 1 rings (SSSR count). The van der Waals surface area contributed by atoms with Gasteiger partial charge in [-0.15, -0.1) is 0 Å². The Morgan fingerprint density at radius 3 is 2.67 bits per heavy atom. The van der Waals surface area contributed by atoms with Crippen molar-refractivity contribution in [3.63, 3.8) is 0 Å². The van der Waals surface area contributed by atoms with E-state index >= 15 is 0 Å². The van der Waals surface area contributed by atoms with Crippen LogP contribution in [0.4, 0.5) is 0 Å². The molecule has 1 atom stereocenters. The summed E-state index contributed by atoms with van der Waals surface area (Å²) in [6.07, 6.45) is 1.94. The van der Waals surface area contributed by atoms with Crippen molar-refractivity contribution in [2.75, 3.05) is 0 Å². The highest BCUT2D eigenvalue weighted by molar-refractivity contribution is 5.53. The molecular formula is C13H18O2. The summed E-state index contributed by atoms with van der Waals surface area (Å²) in [6.45, 7) is 5.92. The van der Waals surface area contributed by atoms with Crippen molar-refractivity contribution in [2.45, 2.75) is 33.3 Å². The first kappa shape index (κ1) is 11.8. The quantitative estimate of drug-likeness (QED) is 0.692. The van der Waals surface area contributed by atoms with E-state index in [1.54, 1.807) is 0 Å². The number of benzene rings is 1. The van der Waals surface area contributed by atoms with Crippen LogP contribution in [0.5, 0.6) is 5.75 Å². The number of ether oxygens (including phenoxy) is 1. The predicted molar refractivity (Wildman–Crippen MR) is 61.1 cm³/mol. The molecule has 0 saturated heterocycles. The van der Waals surface area contributed by atoms with Crippen molar-refractivity contribution in [3.8, 4) is 5.75 Å². The van der Waals surface area contributed by atoms with Crippen LogP contribution in [0.3, 0.4) is 0 Å². The number of hydrogen-bond donors (Lipinski definition) is 0. The third-order valence-corrected chi connectivity index (χ3v) is 2.06. The molecule has 0 amide bonds. The lowest BCUT2D eigenvalue weighted by atomic mass is 10.0. The predicted octanol–water partition coefficient (Wildman–Crippen LogP) is 2.85. The van der Waals surface area contributed by atoms with Crippen LogP contribution in [0.1, 0.15) is 26.3 Å². The van der Waals surface area contributed by atoms with Gasteiger partial charge in [-0.05, 0) is 38.0 Å². The van der Waals surface area contributed by atoms with Gasteiger partial charge in [-0.3, -0.25) is 0 Å². The van der Waals surface area contributed by atoms with E-state index in [1.165, 1.54) is 0 Å². The Balaban J connectivity index is 2.69. The minimum atomic E-state index is 0.0688. The van der Waals surface area contributed by atoms with Gasteiger partial charge in [0.25, 0.3) is 0 Å². The summed E-state index contributed by atoms with van der Waals surface area (Å²) >= 11 is 0. The van der Waals surface area contributed by atoms with Crippen LogP contribution in [0.2, 0.25) is 0 Å². The minimum Gasteiger partial charge on any atom is -0.491 e. The maximum Gasteiger partial charge on any atom is 0.123 e. The van der Waals surface area contributed by atoms with E-state index in [0.29, 0.717) is 0 Å². The number of carbonyl (C=O) groups is 1. The fourth-order valence-corrected chi connectivity index (χ4v) is 1.44. The molecule has 1 aromatic rings. The second-order valence-electron chi connectivity index (χ2n) is 4.13. The zero-order valence-corrected chi connectivity index (χ0v) is 9.57. The van der Waals surface area contributed by atoms with Crippen molar-refractivity contribution >= 4 is 6.29 Å². The van der Waals surface area contributed by atoms with Crippen molar-refractivity contribution < 1.29 is 9.53 Å². The first-order valence-corrected chi connectivity index (χ1v) is 5.32. The average Bonchev–Trinajstić information content (AvgIpc) is 2.17. The molecule has 82 valence electrons. The number of aldehydes is 1. The topological polar surface area (TPSA) is 26.3 Å². The van der Waals surface area contributed by atoms with Gasteiger partial charge in [-0.1, -0.05) is 19.1 Å². The molecule has 1 aromatic carbocycles. The SMILES string of the molecule is CC(C=O)Cc1cccc(OC(C)C)c1. The van der Waals surface area contributed by atoms with Crippen molar-refractivity contribution in [2.24, 2.45) is 5.92 Å². The molecule has 0 saturated carbocycles. The van der Waals surface area contributed by atoms with E-state index in [1.807, 2.05) is 45.0 Å². The minimum absolute atomic E-state index is 0.0688. The maximum atomic E-state index is 10.5. The second-order valence-corrected chi connectivity index (χ2v) is 4.13. The van der Waals surface area contributed by atoms with Gasteiger partial charge in [-0.25, -0.2) is 0 Å². The molecule has 0 aliphatic carbocycles. The van der Waals surface area contributed by atoms with Crippen LogP contribution in [-0.2, 0) is 11.2 Å². The lowest BCUT2D eigenvalue weighted by Crippen LogP contribution is -2.06. The van der Waals surface area contributed by atoms with E-state index in [-0.39, 0.29) is 12.0 Å². The van der Waals surface area contributed by atoms with Crippen molar-refractivity contribution in [3.05, 3.63) is 29.8 Å². The van der Waals surface area contributed by atoms with Crippen LogP contribution in [-0.4, -0.2) is 12.4 Å².